The Labute approximate surface area is 156 Å². The van der Waals surface area contributed by atoms with Crippen LogP contribution >= 0.6 is 23.2 Å². The van der Waals surface area contributed by atoms with Gasteiger partial charge in [-0.05, 0) is 42.7 Å². The van der Waals surface area contributed by atoms with Gasteiger partial charge in [0.2, 0.25) is 15.9 Å². The molecule has 5 nitrogen and oxygen atoms in total. The molecule has 132 valence electrons. The summed E-state index contributed by atoms with van der Waals surface area (Å²) in [4.78, 5) is 11.7. The third-order valence-electron chi connectivity index (χ3n) is 3.80. The van der Waals surface area contributed by atoms with Gasteiger partial charge in [0, 0.05) is 18.2 Å². The Morgan fingerprint density at radius 2 is 1.72 bits per heavy atom. The molecule has 0 radical (unpaired) electrons. The lowest BCUT2D eigenvalue weighted by molar-refractivity contribution is -0.117. The summed E-state index contributed by atoms with van der Waals surface area (Å²) in [6.45, 7) is 0.0526. The second-order valence-corrected chi connectivity index (χ2v) is 8.36. The molecule has 0 bridgehead atoms. The molecule has 1 aliphatic carbocycles. The molecular formula is C17H16Cl2N2O3S. The summed E-state index contributed by atoms with van der Waals surface area (Å²) in [6, 6.07) is 11.5. The van der Waals surface area contributed by atoms with Crippen molar-refractivity contribution in [2.45, 2.75) is 24.3 Å². The van der Waals surface area contributed by atoms with Crippen molar-refractivity contribution in [3.63, 3.8) is 0 Å². The predicted molar refractivity (Wildman–Crippen MR) is 98.3 cm³/mol. The summed E-state index contributed by atoms with van der Waals surface area (Å²) < 4.78 is 27.4. The first-order valence-electron chi connectivity index (χ1n) is 7.70. The van der Waals surface area contributed by atoms with Gasteiger partial charge in [-0.15, -0.1) is 0 Å². The van der Waals surface area contributed by atoms with E-state index in [2.05, 4.69) is 10.0 Å². The SMILES string of the molecule is O=C(Nc1cccc(CNS(=O)(=O)c2c(Cl)cccc2Cl)c1)C1CC1. The third-order valence-corrected chi connectivity index (χ3v) is 6.15. The molecule has 1 saturated carbocycles. The highest BCUT2D eigenvalue weighted by molar-refractivity contribution is 7.89. The Bertz CT molecular complexity index is 892. The molecule has 2 aromatic carbocycles. The maximum absolute atomic E-state index is 12.5. The van der Waals surface area contributed by atoms with Crippen LogP contribution in [0.15, 0.2) is 47.4 Å². The smallest absolute Gasteiger partial charge is 0.243 e. The number of anilines is 1. The Kier molecular flexibility index (Phi) is 5.34. The van der Waals surface area contributed by atoms with Crippen molar-refractivity contribution < 1.29 is 13.2 Å². The molecule has 0 spiro atoms. The molecule has 1 fully saturated rings. The van der Waals surface area contributed by atoms with Crippen molar-refractivity contribution in [2.75, 3.05) is 5.32 Å². The average Bonchev–Trinajstić information content (AvgIpc) is 3.38. The van der Waals surface area contributed by atoms with E-state index in [0.717, 1.165) is 12.8 Å². The van der Waals surface area contributed by atoms with Crippen molar-refractivity contribution in [1.29, 1.82) is 0 Å². The first-order chi connectivity index (χ1) is 11.9. The molecule has 0 aliphatic heterocycles. The summed E-state index contributed by atoms with van der Waals surface area (Å²) in [6.07, 6.45) is 1.84. The van der Waals surface area contributed by atoms with E-state index in [4.69, 9.17) is 23.2 Å². The van der Waals surface area contributed by atoms with E-state index >= 15 is 0 Å². The topological polar surface area (TPSA) is 75.3 Å². The lowest BCUT2D eigenvalue weighted by atomic mass is 10.2. The highest BCUT2D eigenvalue weighted by atomic mass is 35.5. The van der Waals surface area contributed by atoms with Crippen LogP contribution in [-0.2, 0) is 21.4 Å². The zero-order valence-corrected chi connectivity index (χ0v) is 15.5. The first-order valence-corrected chi connectivity index (χ1v) is 9.94. The van der Waals surface area contributed by atoms with Crippen molar-refractivity contribution in [3.8, 4) is 0 Å². The second kappa shape index (κ2) is 7.33. The highest BCUT2D eigenvalue weighted by Crippen LogP contribution is 2.30. The fourth-order valence-corrected chi connectivity index (χ4v) is 4.50. The van der Waals surface area contributed by atoms with Gasteiger partial charge in [-0.3, -0.25) is 4.79 Å². The zero-order chi connectivity index (χ0) is 18.0. The van der Waals surface area contributed by atoms with E-state index in [9.17, 15) is 13.2 Å². The Hall–Kier alpha value is -1.60. The van der Waals surface area contributed by atoms with Crippen LogP contribution in [0, 0.1) is 5.92 Å². The lowest BCUT2D eigenvalue weighted by Crippen LogP contribution is -2.24. The van der Waals surface area contributed by atoms with Crippen molar-refractivity contribution in [3.05, 3.63) is 58.1 Å². The van der Waals surface area contributed by atoms with Crippen LogP contribution in [-0.4, -0.2) is 14.3 Å². The third kappa shape index (κ3) is 4.52. The Balaban J connectivity index is 1.71. The van der Waals surface area contributed by atoms with Gasteiger partial charge in [-0.2, -0.15) is 0 Å². The second-order valence-electron chi connectivity index (χ2n) is 5.84. The quantitative estimate of drug-likeness (QED) is 0.776. The summed E-state index contributed by atoms with van der Waals surface area (Å²) in [5.74, 6) is 0.102. The summed E-state index contributed by atoms with van der Waals surface area (Å²) in [7, 11) is -3.86. The maximum Gasteiger partial charge on any atom is 0.243 e. The average molecular weight is 399 g/mol. The van der Waals surface area contributed by atoms with E-state index in [1.807, 2.05) is 0 Å². The number of hydrogen-bond donors (Lipinski definition) is 2. The van der Waals surface area contributed by atoms with Crippen LogP contribution in [0.4, 0.5) is 5.69 Å². The van der Waals surface area contributed by atoms with Gasteiger partial charge in [0.15, 0.2) is 0 Å². The Morgan fingerprint density at radius 3 is 2.36 bits per heavy atom. The van der Waals surface area contributed by atoms with Crippen LogP contribution in [0.25, 0.3) is 0 Å². The number of rotatable bonds is 6. The van der Waals surface area contributed by atoms with Crippen molar-refractivity contribution in [1.82, 2.24) is 4.72 Å². The van der Waals surface area contributed by atoms with Crippen LogP contribution in [0.2, 0.25) is 10.0 Å². The fourth-order valence-electron chi connectivity index (χ4n) is 2.34. The van der Waals surface area contributed by atoms with Gasteiger partial charge in [0.05, 0.1) is 10.0 Å². The minimum Gasteiger partial charge on any atom is -0.326 e. The van der Waals surface area contributed by atoms with Crippen LogP contribution in [0.5, 0.6) is 0 Å². The number of benzene rings is 2. The molecule has 1 aliphatic rings. The Morgan fingerprint density at radius 1 is 1.08 bits per heavy atom. The molecule has 25 heavy (non-hydrogen) atoms. The standard InChI is InChI=1S/C17H16Cl2N2O3S/c18-14-5-2-6-15(19)16(14)25(23,24)20-10-11-3-1-4-13(9-11)21-17(22)12-7-8-12/h1-6,9,12,20H,7-8,10H2,(H,21,22). The normalized spacial score (nSPS) is 14.3. The largest absolute Gasteiger partial charge is 0.326 e. The first kappa shape index (κ1) is 18.2. The summed E-state index contributed by atoms with van der Waals surface area (Å²) in [5, 5.41) is 2.95. The van der Waals surface area contributed by atoms with Gasteiger partial charge in [-0.1, -0.05) is 41.4 Å². The molecule has 0 aromatic heterocycles. The van der Waals surface area contributed by atoms with E-state index < -0.39 is 10.0 Å². The monoisotopic (exact) mass is 398 g/mol. The maximum atomic E-state index is 12.5. The van der Waals surface area contributed by atoms with Gasteiger partial charge in [-0.25, -0.2) is 13.1 Å². The molecule has 3 rings (SSSR count). The fraction of sp³-hybridized carbons (Fsp3) is 0.235. The summed E-state index contributed by atoms with van der Waals surface area (Å²) >= 11 is 11.9. The van der Waals surface area contributed by atoms with Crippen molar-refractivity contribution in [2.24, 2.45) is 5.92 Å². The molecule has 2 aromatic rings. The van der Waals surface area contributed by atoms with Crippen molar-refractivity contribution >= 4 is 44.8 Å². The molecule has 2 N–H and O–H groups in total. The van der Waals surface area contributed by atoms with Gasteiger partial charge in [0.25, 0.3) is 0 Å². The molecule has 0 heterocycles. The molecule has 0 unspecified atom stereocenters. The van der Waals surface area contributed by atoms with E-state index in [0.29, 0.717) is 11.3 Å². The van der Waals surface area contributed by atoms with Crippen LogP contribution in [0.1, 0.15) is 18.4 Å². The highest BCUT2D eigenvalue weighted by Gasteiger charge is 2.29. The molecule has 8 heteroatoms. The number of amides is 1. The van der Waals surface area contributed by atoms with E-state index in [-0.39, 0.29) is 33.3 Å². The predicted octanol–water partition coefficient (Wildman–Crippen LogP) is 3.82. The molecule has 1 amide bonds. The van der Waals surface area contributed by atoms with Gasteiger partial charge < -0.3 is 5.32 Å². The minimum atomic E-state index is -3.86. The molecule has 0 atom stereocenters. The summed E-state index contributed by atoms with van der Waals surface area (Å²) in [5.41, 5.74) is 1.35. The molecule has 0 saturated heterocycles. The number of halogens is 2. The lowest BCUT2D eigenvalue weighted by Gasteiger charge is -2.11. The van der Waals surface area contributed by atoms with Crippen LogP contribution in [0.3, 0.4) is 0 Å². The number of carbonyl (C=O) groups is 1. The number of carbonyl (C=O) groups excluding carboxylic acids is 1. The van der Waals surface area contributed by atoms with E-state index in [1.54, 1.807) is 30.3 Å². The zero-order valence-electron chi connectivity index (χ0n) is 13.1. The van der Waals surface area contributed by atoms with Crippen LogP contribution < -0.4 is 10.0 Å². The number of sulfonamides is 1. The molecular weight excluding hydrogens is 383 g/mol. The number of hydrogen-bond acceptors (Lipinski definition) is 3. The van der Waals surface area contributed by atoms with Gasteiger partial charge >= 0.3 is 0 Å². The van der Waals surface area contributed by atoms with E-state index in [1.165, 1.54) is 12.1 Å². The van der Waals surface area contributed by atoms with Gasteiger partial charge in [0.1, 0.15) is 4.90 Å². The number of nitrogens with one attached hydrogen (secondary N) is 2. The minimum absolute atomic E-state index is 0.000537.